The lowest BCUT2D eigenvalue weighted by atomic mass is 10.2. The van der Waals surface area contributed by atoms with Crippen molar-refractivity contribution >= 4 is 22.7 Å². The van der Waals surface area contributed by atoms with Gasteiger partial charge in [-0.3, -0.25) is 14.3 Å². The highest BCUT2D eigenvalue weighted by Gasteiger charge is 2.14. The maximum atomic E-state index is 13.0. The number of nitrogens with zero attached hydrogens (tertiary/aromatic N) is 4. The van der Waals surface area contributed by atoms with Gasteiger partial charge in [0.2, 0.25) is 0 Å². The van der Waals surface area contributed by atoms with Crippen LogP contribution in [0.15, 0.2) is 69.3 Å². The molecule has 0 aliphatic heterocycles. The second-order valence-electron chi connectivity index (χ2n) is 5.49. The van der Waals surface area contributed by atoms with Gasteiger partial charge in [-0.15, -0.1) is 0 Å². The molecule has 0 radical (unpaired) electrons. The van der Waals surface area contributed by atoms with E-state index in [1.165, 1.54) is 11.8 Å². The summed E-state index contributed by atoms with van der Waals surface area (Å²) >= 11 is 1.43. The van der Waals surface area contributed by atoms with Crippen LogP contribution in [-0.4, -0.2) is 19.7 Å². The molecule has 0 N–H and O–H groups in total. The number of hydrogen-bond donors (Lipinski definition) is 0. The fourth-order valence-electron chi connectivity index (χ4n) is 2.54. The Morgan fingerprint density at radius 1 is 1.20 bits per heavy atom. The lowest BCUT2D eigenvalue weighted by Gasteiger charge is -2.12. The fraction of sp³-hybridized carbons (Fsp3) is 0.111. The van der Waals surface area contributed by atoms with Crippen LogP contribution in [0.3, 0.4) is 0 Å². The zero-order valence-electron chi connectivity index (χ0n) is 13.4. The molecular weight excluding hydrogens is 336 g/mol. The molecule has 6 nitrogen and oxygen atoms in total. The number of aryl methyl sites for hydroxylation is 1. The molecular formula is C18H14N4O2S. The number of rotatable bonds is 4. The van der Waals surface area contributed by atoms with E-state index < -0.39 is 0 Å². The lowest BCUT2D eigenvalue weighted by Crippen LogP contribution is -2.21. The quantitative estimate of drug-likeness (QED) is 0.415. The van der Waals surface area contributed by atoms with E-state index in [1.54, 1.807) is 29.1 Å². The van der Waals surface area contributed by atoms with Crippen LogP contribution >= 0.6 is 11.8 Å². The van der Waals surface area contributed by atoms with Crippen molar-refractivity contribution in [2.45, 2.75) is 17.8 Å². The Morgan fingerprint density at radius 2 is 2.08 bits per heavy atom. The van der Waals surface area contributed by atoms with Gasteiger partial charge in [0.1, 0.15) is 5.76 Å². The maximum absolute atomic E-state index is 13.0. The van der Waals surface area contributed by atoms with Crippen molar-refractivity contribution < 1.29 is 4.52 Å². The van der Waals surface area contributed by atoms with E-state index >= 15 is 0 Å². The minimum absolute atomic E-state index is 0.116. The molecule has 3 heterocycles. The van der Waals surface area contributed by atoms with Gasteiger partial charge in [0, 0.05) is 12.3 Å². The van der Waals surface area contributed by atoms with E-state index in [1.807, 2.05) is 37.3 Å². The molecule has 0 atom stereocenters. The molecule has 0 aliphatic rings. The van der Waals surface area contributed by atoms with E-state index in [-0.39, 0.29) is 5.56 Å². The van der Waals surface area contributed by atoms with Crippen LogP contribution < -0.4 is 5.56 Å². The summed E-state index contributed by atoms with van der Waals surface area (Å²) in [4.78, 5) is 21.8. The molecule has 0 bridgehead atoms. The second kappa shape index (κ2) is 6.52. The Morgan fingerprint density at radius 3 is 2.84 bits per heavy atom. The smallest absolute Gasteiger partial charge is 0.266 e. The number of thioether (sulfide) groups is 1. The van der Waals surface area contributed by atoms with Gasteiger partial charge in [-0.25, -0.2) is 4.98 Å². The van der Waals surface area contributed by atoms with Crippen LogP contribution in [-0.2, 0) is 5.75 Å². The first-order chi connectivity index (χ1) is 12.2. The number of fused-ring (bicyclic) bond motifs is 1. The molecule has 124 valence electrons. The van der Waals surface area contributed by atoms with Gasteiger partial charge >= 0.3 is 0 Å². The summed E-state index contributed by atoms with van der Waals surface area (Å²) in [6.07, 6.45) is 3.33. The van der Waals surface area contributed by atoms with E-state index in [4.69, 9.17) is 4.52 Å². The lowest BCUT2D eigenvalue weighted by molar-refractivity contribution is 0.391. The number of hydrogen-bond acceptors (Lipinski definition) is 6. The molecule has 7 heteroatoms. The summed E-state index contributed by atoms with van der Waals surface area (Å²) in [5.74, 6) is 1.27. The van der Waals surface area contributed by atoms with Crippen LogP contribution in [0, 0.1) is 6.92 Å². The van der Waals surface area contributed by atoms with Gasteiger partial charge in [0.05, 0.1) is 34.2 Å². The summed E-state index contributed by atoms with van der Waals surface area (Å²) in [6, 6.07) is 12.8. The average Bonchev–Trinajstić information content (AvgIpc) is 3.06. The van der Waals surface area contributed by atoms with Crippen LogP contribution in [0.1, 0.15) is 11.5 Å². The minimum atomic E-state index is -0.116. The van der Waals surface area contributed by atoms with Gasteiger partial charge < -0.3 is 4.52 Å². The van der Waals surface area contributed by atoms with Gasteiger partial charge in [-0.05, 0) is 31.2 Å². The molecule has 4 aromatic rings. The van der Waals surface area contributed by atoms with E-state index in [9.17, 15) is 4.79 Å². The first-order valence-electron chi connectivity index (χ1n) is 7.69. The number of pyridine rings is 1. The van der Waals surface area contributed by atoms with Gasteiger partial charge in [0.25, 0.3) is 5.56 Å². The predicted molar refractivity (Wildman–Crippen MR) is 95.9 cm³/mol. The summed E-state index contributed by atoms with van der Waals surface area (Å²) in [5.41, 5.74) is 2.06. The maximum Gasteiger partial charge on any atom is 0.266 e. The Hall–Kier alpha value is -2.93. The molecule has 1 aromatic carbocycles. The standard InChI is InChI=1S/C18H14N4O2S/c1-12-9-14(24-21-12)11-25-18-20-16-7-3-2-6-15(16)17(23)22(18)13-5-4-8-19-10-13/h2-10H,11H2,1H3. The third kappa shape index (κ3) is 3.06. The van der Waals surface area contributed by atoms with Gasteiger partial charge in [-0.1, -0.05) is 29.1 Å². The molecule has 0 saturated carbocycles. The van der Waals surface area contributed by atoms with E-state index in [0.717, 1.165) is 11.5 Å². The molecule has 0 aliphatic carbocycles. The summed E-state index contributed by atoms with van der Waals surface area (Å²) in [5, 5.41) is 5.05. The highest BCUT2D eigenvalue weighted by Crippen LogP contribution is 2.24. The molecule has 0 saturated heterocycles. The zero-order valence-corrected chi connectivity index (χ0v) is 14.2. The highest BCUT2D eigenvalue weighted by atomic mass is 32.2. The van der Waals surface area contributed by atoms with Crippen molar-refractivity contribution in [1.29, 1.82) is 0 Å². The third-order valence-corrected chi connectivity index (χ3v) is 4.63. The fourth-order valence-corrected chi connectivity index (χ4v) is 3.43. The van der Waals surface area contributed by atoms with Gasteiger partial charge in [-0.2, -0.15) is 0 Å². The van der Waals surface area contributed by atoms with Crippen LogP contribution in [0.2, 0.25) is 0 Å². The van der Waals surface area contributed by atoms with Gasteiger partial charge in [0.15, 0.2) is 5.16 Å². The first-order valence-corrected chi connectivity index (χ1v) is 8.68. The number of aromatic nitrogens is 4. The third-order valence-electron chi connectivity index (χ3n) is 3.67. The Balaban J connectivity index is 1.84. The average molecular weight is 350 g/mol. The Kier molecular flexibility index (Phi) is 4.07. The SMILES string of the molecule is Cc1cc(CSc2nc3ccccc3c(=O)n2-c2cccnc2)on1. The zero-order chi connectivity index (χ0) is 17.2. The highest BCUT2D eigenvalue weighted by molar-refractivity contribution is 7.98. The largest absolute Gasteiger partial charge is 0.360 e. The molecule has 0 unspecified atom stereocenters. The van der Waals surface area contributed by atoms with Crippen molar-refractivity contribution in [1.82, 2.24) is 19.7 Å². The van der Waals surface area contributed by atoms with Crippen molar-refractivity contribution in [3.63, 3.8) is 0 Å². The molecule has 0 spiro atoms. The Labute approximate surface area is 147 Å². The second-order valence-corrected chi connectivity index (χ2v) is 6.43. The first kappa shape index (κ1) is 15.6. The summed E-state index contributed by atoms with van der Waals surface area (Å²) < 4.78 is 6.84. The molecule has 25 heavy (non-hydrogen) atoms. The number of benzene rings is 1. The molecule has 0 amide bonds. The van der Waals surface area contributed by atoms with Crippen LogP contribution in [0.25, 0.3) is 16.6 Å². The van der Waals surface area contributed by atoms with Crippen molar-refractivity contribution in [3.8, 4) is 5.69 Å². The molecule has 4 rings (SSSR count). The normalized spacial score (nSPS) is 11.1. The summed E-state index contributed by atoms with van der Waals surface area (Å²) in [7, 11) is 0. The van der Waals surface area contributed by atoms with Crippen molar-refractivity contribution in [3.05, 3.63) is 76.7 Å². The molecule has 0 fully saturated rings. The van der Waals surface area contributed by atoms with E-state index in [0.29, 0.717) is 27.5 Å². The van der Waals surface area contributed by atoms with E-state index in [2.05, 4.69) is 15.1 Å². The monoisotopic (exact) mass is 350 g/mol. The van der Waals surface area contributed by atoms with Crippen LogP contribution in [0.5, 0.6) is 0 Å². The summed E-state index contributed by atoms with van der Waals surface area (Å²) in [6.45, 7) is 1.87. The predicted octanol–water partition coefficient (Wildman–Crippen LogP) is 3.37. The van der Waals surface area contributed by atoms with Crippen molar-refractivity contribution in [2.24, 2.45) is 0 Å². The van der Waals surface area contributed by atoms with Crippen LogP contribution in [0.4, 0.5) is 0 Å². The topological polar surface area (TPSA) is 73.8 Å². The van der Waals surface area contributed by atoms with Crippen molar-refractivity contribution in [2.75, 3.05) is 0 Å². The Bertz CT molecular complexity index is 1090. The minimum Gasteiger partial charge on any atom is -0.360 e. The number of para-hydroxylation sites is 1. The molecule has 3 aromatic heterocycles.